The van der Waals surface area contributed by atoms with Crippen LogP contribution in [0.3, 0.4) is 0 Å². The number of aromatic hydroxyl groups is 1. The van der Waals surface area contributed by atoms with Crippen LogP contribution in [0, 0.1) is 6.92 Å². The van der Waals surface area contributed by atoms with E-state index >= 15 is 0 Å². The Bertz CT molecular complexity index is 911. The van der Waals surface area contributed by atoms with E-state index in [0.717, 1.165) is 23.5 Å². The minimum absolute atomic E-state index is 0.103. The number of aromatic nitrogens is 2. The standard InChI is InChI=1S/C19H20N2O2/c1-4-13(3)18-20-17-11-15(22)9-10-16(17)19(23)21(18)14-7-5-12(2)6-8-14/h5-11,13,22H,4H2,1-3H3. The van der Waals surface area contributed by atoms with Gasteiger partial charge in [0.2, 0.25) is 0 Å². The Hall–Kier alpha value is -2.62. The number of benzene rings is 2. The van der Waals surface area contributed by atoms with Crippen molar-refractivity contribution < 1.29 is 5.11 Å². The van der Waals surface area contributed by atoms with Crippen LogP contribution in [-0.2, 0) is 0 Å². The van der Waals surface area contributed by atoms with Gasteiger partial charge in [0.25, 0.3) is 5.56 Å². The van der Waals surface area contributed by atoms with Gasteiger partial charge in [-0.1, -0.05) is 31.5 Å². The Morgan fingerprint density at radius 2 is 1.87 bits per heavy atom. The van der Waals surface area contributed by atoms with Crippen LogP contribution in [0.25, 0.3) is 16.6 Å². The highest BCUT2D eigenvalue weighted by Crippen LogP contribution is 2.23. The summed E-state index contributed by atoms with van der Waals surface area (Å²) in [5, 5.41) is 10.2. The fourth-order valence-corrected chi connectivity index (χ4v) is 2.65. The van der Waals surface area contributed by atoms with Crippen molar-refractivity contribution in [2.45, 2.75) is 33.1 Å². The first-order chi connectivity index (χ1) is 11.0. The van der Waals surface area contributed by atoms with Gasteiger partial charge < -0.3 is 5.11 Å². The summed E-state index contributed by atoms with van der Waals surface area (Å²) in [5.74, 6) is 0.975. The predicted octanol–water partition coefficient (Wildman–Crippen LogP) is 3.91. The molecular weight excluding hydrogens is 288 g/mol. The lowest BCUT2D eigenvalue weighted by Crippen LogP contribution is -2.25. The van der Waals surface area contributed by atoms with Crippen LogP contribution >= 0.6 is 0 Å². The van der Waals surface area contributed by atoms with Crippen LogP contribution in [0.5, 0.6) is 5.75 Å². The molecule has 0 aliphatic heterocycles. The van der Waals surface area contributed by atoms with E-state index in [1.807, 2.05) is 31.2 Å². The molecule has 1 heterocycles. The van der Waals surface area contributed by atoms with Crippen LogP contribution in [0.1, 0.15) is 37.6 Å². The Morgan fingerprint density at radius 3 is 2.52 bits per heavy atom. The summed E-state index contributed by atoms with van der Waals surface area (Å²) in [6, 6.07) is 12.6. The van der Waals surface area contributed by atoms with E-state index in [9.17, 15) is 9.90 Å². The molecule has 1 aromatic heterocycles. The first-order valence-electron chi connectivity index (χ1n) is 7.84. The fourth-order valence-electron chi connectivity index (χ4n) is 2.65. The van der Waals surface area contributed by atoms with Gasteiger partial charge in [0.1, 0.15) is 11.6 Å². The lowest BCUT2D eigenvalue weighted by atomic mass is 10.1. The number of fused-ring (bicyclic) bond motifs is 1. The molecule has 4 nitrogen and oxygen atoms in total. The summed E-state index contributed by atoms with van der Waals surface area (Å²) in [4.78, 5) is 17.7. The van der Waals surface area contributed by atoms with Gasteiger partial charge in [-0.3, -0.25) is 9.36 Å². The van der Waals surface area contributed by atoms with Gasteiger partial charge in [-0.25, -0.2) is 4.98 Å². The summed E-state index contributed by atoms with van der Waals surface area (Å²) in [6.45, 7) is 6.15. The third kappa shape index (κ3) is 2.72. The van der Waals surface area contributed by atoms with Gasteiger partial charge in [-0.2, -0.15) is 0 Å². The van der Waals surface area contributed by atoms with Crippen molar-refractivity contribution >= 4 is 10.9 Å². The molecule has 0 amide bonds. The fraction of sp³-hybridized carbons (Fsp3) is 0.263. The van der Waals surface area contributed by atoms with E-state index in [1.165, 1.54) is 6.07 Å². The van der Waals surface area contributed by atoms with E-state index in [-0.39, 0.29) is 17.2 Å². The number of rotatable bonds is 3. The molecule has 23 heavy (non-hydrogen) atoms. The molecule has 1 N–H and O–H groups in total. The van der Waals surface area contributed by atoms with E-state index in [4.69, 9.17) is 0 Å². The van der Waals surface area contributed by atoms with E-state index < -0.39 is 0 Å². The van der Waals surface area contributed by atoms with Crippen LogP contribution in [0.15, 0.2) is 47.3 Å². The van der Waals surface area contributed by atoms with Crippen molar-refractivity contribution in [3.63, 3.8) is 0 Å². The molecular formula is C19H20N2O2. The van der Waals surface area contributed by atoms with Crippen LogP contribution in [0.2, 0.25) is 0 Å². The predicted molar refractivity (Wildman–Crippen MR) is 92.4 cm³/mol. The minimum Gasteiger partial charge on any atom is -0.508 e. The highest BCUT2D eigenvalue weighted by atomic mass is 16.3. The van der Waals surface area contributed by atoms with Gasteiger partial charge in [0, 0.05) is 12.0 Å². The molecule has 1 unspecified atom stereocenters. The Labute approximate surface area is 135 Å². The number of hydrogen-bond acceptors (Lipinski definition) is 3. The largest absolute Gasteiger partial charge is 0.508 e. The first kappa shape index (κ1) is 15.3. The highest BCUT2D eigenvalue weighted by molar-refractivity contribution is 5.79. The lowest BCUT2D eigenvalue weighted by molar-refractivity contribution is 0.476. The zero-order valence-electron chi connectivity index (χ0n) is 13.6. The number of phenolic OH excluding ortho intramolecular Hbond substituents is 1. The minimum atomic E-state index is -0.103. The maximum atomic E-state index is 13.0. The molecule has 0 aliphatic rings. The molecule has 3 rings (SSSR count). The van der Waals surface area contributed by atoms with E-state index in [1.54, 1.807) is 16.7 Å². The summed E-state index contributed by atoms with van der Waals surface area (Å²) in [6.07, 6.45) is 0.878. The molecule has 0 spiro atoms. The number of nitrogens with zero attached hydrogens (tertiary/aromatic N) is 2. The van der Waals surface area contributed by atoms with Gasteiger partial charge >= 0.3 is 0 Å². The SMILES string of the molecule is CCC(C)c1nc2cc(O)ccc2c(=O)n1-c1ccc(C)cc1. The second kappa shape index (κ2) is 5.88. The normalized spacial score (nSPS) is 12.5. The van der Waals surface area contributed by atoms with Crippen LogP contribution < -0.4 is 5.56 Å². The topological polar surface area (TPSA) is 55.1 Å². The Kier molecular flexibility index (Phi) is 3.90. The molecule has 4 heteroatoms. The third-order valence-corrected chi connectivity index (χ3v) is 4.22. The van der Waals surface area contributed by atoms with Crippen LogP contribution in [0.4, 0.5) is 0 Å². The number of hydrogen-bond donors (Lipinski definition) is 1. The third-order valence-electron chi connectivity index (χ3n) is 4.22. The van der Waals surface area contributed by atoms with Crippen molar-refractivity contribution in [2.75, 3.05) is 0 Å². The molecule has 0 saturated heterocycles. The van der Waals surface area contributed by atoms with Crippen molar-refractivity contribution in [1.29, 1.82) is 0 Å². The number of phenols is 1. The smallest absolute Gasteiger partial charge is 0.265 e. The Morgan fingerprint density at radius 1 is 1.17 bits per heavy atom. The van der Waals surface area contributed by atoms with Crippen molar-refractivity contribution in [3.05, 3.63) is 64.2 Å². The van der Waals surface area contributed by atoms with Gasteiger partial charge in [-0.05, 0) is 37.6 Å². The number of aryl methyl sites for hydroxylation is 1. The highest BCUT2D eigenvalue weighted by Gasteiger charge is 2.17. The van der Waals surface area contributed by atoms with Crippen molar-refractivity contribution in [2.24, 2.45) is 0 Å². The molecule has 1 atom stereocenters. The van der Waals surface area contributed by atoms with E-state index in [2.05, 4.69) is 18.8 Å². The molecule has 0 fully saturated rings. The molecule has 0 saturated carbocycles. The zero-order valence-corrected chi connectivity index (χ0v) is 13.6. The average molecular weight is 308 g/mol. The van der Waals surface area contributed by atoms with Crippen molar-refractivity contribution in [3.8, 4) is 11.4 Å². The molecule has 0 aliphatic carbocycles. The Balaban J connectivity index is 2.38. The van der Waals surface area contributed by atoms with Gasteiger partial charge in [0.15, 0.2) is 0 Å². The summed E-state index contributed by atoms with van der Waals surface area (Å²) in [7, 11) is 0. The molecule has 0 bridgehead atoms. The molecule has 0 radical (unpaired) electrons. The monoisotopic (exact) mass is 308 g/mol. The second-order valence-corrected chi connectivity index (χ2v) is 5.96. The maximum absolute atomic E-state index is 13.0. The van der Waals surface area contributed by atoms with Gasteiger partial charge in [0.05, 0.1) is 16.6 Å². The quantitative estimate of drug-likeness (QED) is 0.798. The summed E-state index contributed by atoms with van der Waals surface area (Å²) >= 11 is 0. The average Bonchev–Trinajstić information content (AvgIpc) is 2.54. The molecule has 118 valence electrons. The van der Waals surface area contributed by atoms with E-state index in [0.29, 0.717) is 10.9 Å². The molecule has 2 aromatic carbocycles. The van der Waals surface area contributed by atoms with Crippen molar-refractivity contribution in [1.82, 2.24) is 9.55 Å². The summed E-state index contributed by atoms with van der Waals surface area (Å²) in [5.41, 5.74) is 2.40. The van der Waals surface area contributed by atoms with Gasteiger partial charge in [-0.15, -0.1) is 0 Å². The lowest BCUT2D eigenvalue weighted by Gasteiger charge is -2.17. The van der Waals surface area contributed by atoms with Crippen LogP contribution in [-0.4, -0.2) is 14.7 Å². The summed E-state index contributed by atoms with van der Waals surface area (Å²) < 4.78 is 1.69. The first-order valence-corrected chi connectivity index (χ1v) is 7.84. The zero-order chi connectivity index (χ0) is 16.6. The second-order valence-electron chi connectivity index (χ2n) is 5.96. The molecule has 3 aromatic rings. The maximum Gasteiger partial charge on any atom is 0.265 e.